The standard InChI is InChI=1S/C28H30BrClN2O3/c1-3-15-31-28(34)25(16-21-10-5-4-6-11-21)32(18-22-12-8-7-9-20(22)2)27(33)19-35-26-14-13-23(30)17-24(26)29/h4-14,17,25H,3,15-16,18-19H2,1-2H3,(H,31,34)/t25-/m1/s1. The summed E-state index contributed by atoms with van der Waals surface area (Å²) in [5, 5.41) is 3.54. The number of hydrogen-bond acceptors (Lipinski definition) is 3. The van der Waals surface area contributed by atoms with Crippen molar-refractivity contribution >= 4 is 39.3 Å². The van der Waals surface area contributed by atoms with Crippen LogP contribution in [0.15, 0.2) is 77.3 Å². The second-order valence-corrected chi connectivity index (χ2v) is 9.60. The van der Waals surface area contributed by atoms with Crippen LogP contribution in [0.1, 0.15) is 30.0 Å². The number of nitrogens with one attached hydrogen (secondary N) is 1. The zero-order chi connectivity index (χ0) is 25.2. The van der Waals surface area contributed by atoms with Crippen molar-refractivity contribution in [3.63, 3.8) is 0 Å². The molecule has 0 aromatic heterocycles. The first-order valence-electron chi connectivity index (χ1n) is 11.6. The lowest BCUT2D eigenvalue weighted by Crippen LogP contribution is -2.51. The predicted octanol–water partition coefficient (Wildman–Crippen LogP) is 5.96. The molecule has 1 atom stereocenters. The number of ether oxygens (including phenoxy) is 1. The van der Waals surface area contributed by atoms with Crippen LogP contribution >= 0.6 is 27.5 Å². The number of hydrogen-bond donors (Lipinski definition) is 1. The molecule has 0 saturated carbocycles. The van der Waals surface area contributed by atoms with Gasteiger partial charge in [0.2, 0.25) is 5.91 Å². The molecule has 0 aliphatic carbocycles. The third kappa shape index (κ3) is 7.84. The lowest BCUT2D eigenvalue weighted by Gasteiger charge is -2.32. The summed E-state index contributed by atoms with van der Waals surface area (Å²) in [4.78, 5) is 28.6. The third-order valence-corrected chi connectivity index (χ3v) is 6.52. The summed E-state index contributed by atoms with van der Waals surface area (Å²) in [6, 6.07) is 22.1. The third-order valence-electron chi connectivity index (χ3n) is 5.67. The first kappa shape index (κ1) is 26.8. The van der Waals surface area contributed by atoms with Crippen LogP contribution in [-0.2, 0) is 22.6 Å². The maximum absolute atomic E-state index is 13.6. The molecule has 0 aliphatic rings. The lowest BCUT2D eigenvalue weighted by atomic mass is 10.0. The van der Waals surface area contributed by atoms with Crippen molar-refractivity contribution in [1.82, 2.24) is 10.2 Å². The average molecular weight is 558 g/mol. The SMILES string of the molecule is CCCNC(=O)[C@@H](Cc1ccccc1)N(Cc1ccccc1C)C(=O)COc1ccc(Cl)cc1Br. The van der Waals surface area contributed by atoms with Crippen molar-refractivity contribution in [1.29, 1.82) is 0 Å². The molecule has 0 heterocycles. The molecule has 184 valence electrons. The van der Waals surface area contributed by atoms with E-state index < -0.39 is 6.04 Å². The molecule has 0 unspecified atom stereocenters. The first-order valence-corrected chi connectivity index (χ1v) is 12.8. The number of carbonyl (C=O) groups excluding carboxylic acids is 2. The van der Waals surface area contributed by atoms with Crippen LogP contribution in [0.3, 0.4) is 0 Å². The summed E-state index contributed by atoms with van der Waals surface area (Å²) in [5.74, 6) is 0.0571. The van der Waals surface area contributed by atoms with Gasteiger partial charge in [-0.1, -0.05) is 73.1 Å². The molecule has 5 nitrogen and oxygen atoms in total. The molecule has 0 bridgehead atoms. The van der Waals surface area contributed by atoms with E-state index in [0.717, 1.165) is 23.1 Å². The van der Waals surface area contributed by atoms with Crippen LogP contribution in [0.5, 0.6) is 5.75 Å². The van der Waals surface area contributed by atoms with Gasteiger partial charge in [-0.3, -0.25) is 9.59 Å². The van der Waals surface area contributed by atoms with Gasteiger partial charge in [-0.25, -0.2) is 0 Å². The number of rotatable bonds is 11. The molecule has 0 fully saturated rings. The Morgan fingerprint density at radius 1 is 1.06 bits per heavy atom. The molecule has 1 N–H and O–H groups in total. The summed E-state index contributed by atoms with van der Waals surface area (Å²) in [6.07, 6.45) is 1.21. The van der Waals surface area contributed by atoms with E-state index in [1.807, 2.05) is 68.4 Å². The van der Waals surface area contributed by atoms with Crippen molar-refractivity contribution in [2.24, 2.45) is 0 Å². The predicted molar refractivity (Wildman–Crippen MR) is 144 cm³/mol. The Hall–Kier alpha value is -2.83. The molecule has 35 heavy (non-hydrogen) atoms. The van der Waals surface area contributed by atoms with Gasteiger partial charge in [0.05, 0.1) is 4.47 Å². The molecule has 0 aliphatic heterocycles. The highest BCUT2D eigenvalue weighted by Crippen LogP contribution is 2.28. The molecule has 0 spiro atoms. The van der Waals surface area contributed by atoms with Gasteiger partial charge in [-0.15, -0.1) is 0 Å². The van der Waals surface area contributed by atoms with E-state index in [9.17, 15) is 9.59 Å². The van der Waals surface area contributed by atoms with Crippen LogP contribution in [0.25, 0.3) is 0 Å². The number of halogens is 2. The van der Waals surface area contributed by atoms with E-state index in [2.05, 4.69) is 21.2 Å². The number of benzene rings is 3. The van der Waals surface area contributed by atoms with E-state index in [4.69, 9.17) is 16.3 Å². The Balaban J connectivity index is 1.91. The largest absolute Gasteiger partial charge is 0.483 e. The maximum atomic E-state index is 13.6. The molecule has 3 aromatic carbocycles. The molecule has 3 aromatic rings. The van der Waals surface area contributed by atoms with E-state index in [1.165, 1.54) is 0 Å². The van der Waals surface area contributed by atoms with Crippen molar-refractivity contribution in [2.75, 3.05) is 13.2 Å². The highest BCUT2D eigenvalue weighted by Gasteiger charge is 2.31. The first-order chi connectivity index (χ1) is 16.9. The van der Waals surface area contributed by atoms with Gasteiger partial charge in [-0.2, -0.15) is 0 Å². The summed E-state index contributed by atoms with van der Waals surface area (Å²) in [6.45, 7) is 4.64. The van der Waals surface area contributed by atoms with Crippen LogP contribution in [0.4, 0.5) is 0 Å². The maximum Gasteiger partial charge on any atom is 0.261 e. The summed E-state index contributed by atoms with van der Waals surface area (Å²) in [5.41, 5.74) is 3.02. The fraction of sp³-hybridized carbons (Fsp3) is 0.286. The van der Waals surface area contributed by atoms with Gasteiger partial charge < -0.3 is 15.0 Å². The molecule has 3 rings (SSSR count). The molecule has 2 amide bonds. The Kier molecular flexibility index (Phi) is 10.2. The summed E-state index contributed by atoms with van der Waals surface area (Å²) in [7, 11) is 0. The fourth-order valence-electron chi connectivity index (χ4n) is 3.71. The van der Waals surface area contributed by atoms with E-state index in [0.29, 0.717) is 34.8 Å². The highest BCUT2D eigenvalue weighted by molar-refractivity contribution is 9.10. The number of nitrogens with zero attached hydrogens (tertiary/aromatic N) is 1. The molecular weight excluding hydrogens is 528 g/mol. The van der Waals surface area contributed by atoms with Gasteiger partial charge in [0.15, 0.2) is 6.61 Å². The van der Waals surface area contributed by atoms with Crippen molar-refractivity contribution < 1.29 is 14.3 Å². The zero-order valence-electron chi connectivity index (χ0n) is 20.0. The molecule has 0 saturated heterocycles. The van der Waals surface area contributed by atoms with Crippen LogP contribution in [-0.4, -0.2) is 35.9 Å². The van der Waals surface area contributed by atoms with Gasteiger partial charge in [0, 0.05) is 24.5 Å². The van der Waals surface area contributed by atoms with E-state index in [1.54, 1.807) is 23.1 Å². The van der Waals surface area contributed by atoms with Gasteiger partial charge in [-0.05, 0) is 64.2 Å². The molecule has 7 heteroatoms. The topological polar surface area (TPSA) is 58.6 Å². The number of carbonyl (C=O) groups is 2. The second-order valence-electron chi connectivity index (χ2n) is 8.31. The minimum absolute atomic E-state index is 0.176. The number of aryl methyl sites for hydroxylation is 1. The van der Waals surface area contributed by atoms with E-state index in [-0.39, 0.29) is 18.4 Å². The Morgan fingerprint density at radius 2 is 1.77 bits per heavy atom. The minimum atomic E-state index is -0.687. The Morgan fingerprint density at radius 3 is 2.46 bits per heavy atom. The highest BCUT2D eigenvalue weighted by atomic mass is 79.9. The van der Waals surface area contributed by atoms with Gasteiger partial charge >= 0.3 is 0 Å². The Labute approximate surface area is 220 Å². The summed E-state index contributed by atoms with van der Waals surface area (Å²) >= 11 is 9.45. The van der Waals surface area contributed by atoms with Gasteiger partial charge in [0.1, 0.15) is 11.8 Å². The van der Waals surface area contributed by atoms with Gasteiger partial charge in [0.25, 0.3) is 5.91 Å². The van der Waals surface area contributed by atoms with Crippen molar-refractivity contribution in [3.05, 3.63) is 99.0 Å². The lowest BCUT2D eigenvalue weighted by molar-refractivity contribution is -0.142. The zero-order valence-corrected chi connectivity index (χ0v) is 22.3. The quantitative estimate of drug-likeness (QED) is 0.317. The normalized spacial score (nSPS) is 11.5. The Bertz CT molecular complexity index is 1140. The average Bonchev–Trinajstić information content (AvgIpc) is 2.85. The summed E-state index contributed by atoms with van der Waals surface area (Å²) < 4.78 is 6.49. The van der Waals surface area contributed by atoms with Crippen LogP contribution in [0.2, 0.25) is 5.02 Å². The molecular formula is C28H30BrClN2O3. The van der Waals surface area contributed by atoms with Crippen LogP contribution < -0.4 is 10.1 Å². The van der Waals surface area contributed by atoms with Crippen molar-refractivity contribution in [2.45, 2.75) is 39.3 Å². The van der Waals surface area contributed by atoms with Crippen LogP contribution in [0, 0.1) is 6.92 Å². The second kappa shape index (κ2) is 13.3. The monoisotopic (exact) mass is 556 g/mol. The minimum Gasteiger partial charge on any atom is -0.483 e. The molecule has 0 radical (unpaired) electrons. The van der Waals surface area contributed by atoms with Crippen molar-refractivity contribution in [3.8, 4) is 5.75 Å². The smallest absolute Gasteiger partial charge is 0.261 e. The van der Waals surface area contributed by atoms with E-state index >= 15 is 0 Å². The number of amides is 2. The fourth-order valence-corrected chi connectivity index (χ4v) is 4.50.